The monoisotopic (exact) mass is 273 g/mol. The zero-order valence-corrected chi connectivity index (χ0v) is 10.6. The molecule has 0 aromatic rings. The average molecular weight is 273 g/mol. The van der Waals surface area contributed by atoms with Crippen molar-refractivity contribution in [1.29, 1.82) is 0 Å². The molecule has 1 rings (SSSR count). The van der Waals surface area contributed by atoms with Gasteiger partial charge in [0.2, 0.25) is 5.91 Å². The first-order valence-corrected chi connectivity index (χ1v) is 5.74. The molecule has 106 valence electrons. The minimum atomic E-state index is -1.15. The van der Waals surface area contributed by atoms with Crippen LogP contribution < -0.4 is 5.32 Å². The van der Waals surface area contributed by atoms with Crippen LogP contribution in [0, 0.1) is 5.92 Å². The summed E-state index contributed by atoms with van der Waals surface area (Å²) in [5.74, 6) is -1.85. The van der Waals surface area contributed by atoms with Gasteiger partial charge in [0, 0.05) is 0 Å². The van der Waals surface area contributed by atoms with Crippen LogP contribution in [0.5, 0.6) is 0 Å². The number of ether oxygens (including phenoxy) is 3. The molecule has 0 aliphatic carbocycles. The molecule has 0 radical (unpaired) electrons. The SMILES string of the molecule is CC(C)C(=O)OCCOC(=O)OC1CC(=O)NC1=O. The van der Waals surface area contributed by atoms with E-state index in [9.17, 15) is 19.2 Å². The molecule has 2 amide bonds. The molecular weight excluding hydrogens is 258 g/mol. The molecule has 0 bridgehead atoms. The van der Waals surface area contributed by atoms with Gasteiger partial charge in [-0.2, -0.15) is 0 Å². The van der Waals surface area contributed by atoms with Gasteiger partial charge in [-0.15, -0.1) is 0 Å². The minimum Gasteiger partial charge on any atom is -0.462 e. The van der Waals surface area contributed by atoms with Gasteiger partial charge >= 0.3 is 12.1 Å². The summed E-state index contributed by atoms with van der Waals surface area (Å²) in [6, 6.07) is 0. The predicted octanol–water partition coefficient (Wildman–Crippen LogP) is -0.246. The standard InChI is InChI=1S/C11H15NO7/c1-6(2)10(15)17-3-4-18-11(16)19-7-5-8(13)12-9(7)14/h6-7H,3-5H2,1-2H3,(H,12,13,14). The van der Waals surface area contributed by atoms with Gasteiger partial charge in [0.1, 0.15) is 13.2 Å². The first kappa shape index (κ1) is 14.9. The zero-order valence-electron chi connectivity index (χ0n) is 10.6. The van der Waals surface area contributed by atoms with E-state index >= 15 is 0 Å². The summed E-state index contributed by atoms with van der Waals surface area (Å²) in [7, 11) is 0. The van der Waals surface area contributed by atoms with Gasteiger partial charge < -0.3 is 14.2 Å². The molecule has 1 N–H and O–H groups in total. The number of amides is 2. The van der Waals surface area contributed by atoms with E-state index in [4.69, 9.17) is 4.74 Å². The van der Waals surface area contributed by atoms with E-state index in [1.165, 1.54) is 0 Å². The van der Waals surface area contributed by atoms with Gasteiger partial charge in [0.25, 0.3) is 5.91 Å². The zero-order chi connectivity index (χ0) is 14.4. The molecule has 0 spiro atoms. The Morgan fingerprint density at radius 3 is 2.42 bits per heavy atom. The number of rotatable bonds is 5. The summed E-state index contributed by atoms with van der Waals surface area (Å²) in [5, 5.41) is 1.99. The molecule has 8 heteroatoms. The van der Waals surface area contributed by atoms with E-state index in [1.54, 1.807) is 13.8 Å². The van der Waals surface area contributed by atoms with Crippen LogP contribution in [0.4, 0.5) is 4.79 Å². The molecule has 8 nitrogen and oxygen atoms in total. The Bertz CT molecular complexity index is 391. The van der Waals surface area contributed by atoms with Crippen LogP contribution in [0.25, 0.3) is 0 Å². The lowest BCUT2D eigenvalue weighted by Gasteiger charge is -2.10. The van der Waals surface area contributed by atoms with Gasteiger partial charge in [-0.3, -0.25) is 19.7 Å². The minimum absolute atomic E-state index is 0.0953. The van der Waals surface area contributed by atoms with E-state index in [-0.39, 0.29) is 25.6 Å². The molecule has 1 unspecified atom stereocenters. The summed E-state index contributed by atoms with van der Waals surface area (Å²) in [4.78, 5) is 44.1. The lowest BCUT2D eigenvalue weighted by Crippen LogP contribution is -2.29. The highest BCUT2D eigenvalue weighted by molar-refractivity contribution is 6.05. The highest BCUT2D eigenvalue weighted by atomic mass is 16.7. The number of carbonyl (C=O) groups excluding carboxylic acids is 4. The third kappa shape index (κ3) is 4.94. The van der Waals surface area contributed by atoms with Crippen molar-refractivity contribution in [3.8, 4) is 0 Å². The molecule has 1 aliphatic rings. The molecule has 0 aromatic carbocycles. The van der Waals surface area contributed by atoms with Crippen LogP contribution in [0.3, 0.4) is 0 Å². The van der Waals surface area contributed by atoms with Crippen molar-refractivity contribution >= 4 is 23.9 Å². The lowest BCUT2D eigenvalue weighted by molar-refractivity contribution is -0.148. The second-order valence-electron chi connectivity index (χ2n) is 4.14. The number of hydrogen-bond acceptors (Lipinski definition) is 7. The highest BCUT2D eigenvalue weighted by Crippen LogP contribution is 2.07. The van der Waals surface area contributed by atoms with Crippen molar-refractivity contribution in [2.24, 2.45) is 5.92 Å². The molecule has 1 fully saturated rings. The Hall–Kier alpha value is -2.12. The molecule has 19 heavy (non-hydrogen) atoms. The molecule has 1 aliphatic heterocycles. The van der Waals surface area contributed by atoms with Crippen LogP contribution in [-0.4, -0.2) is 43.3 Å². The molecule has 0 saturated carbocycles. The van der Waals surface area contributed by atoms with E-state index in [0.717, 1.165) is 0 Å². The molecule has 1 heterocycles. The van der Waals surface area contributed by atoms with Crippen LogP contribution in [0.15, 0.2) is 0 Å². The third-order valence-electron chi connectivity index (χ3n) is 2.18. The summed E-state index contributed by atoms with van der Waals surface area (Å²) in [6.07, 6.45) is -2.45. The quantitative estimate of drug-likeness (QED) is 0.418. The van der Waals surface area contributed by atoms with Gasteiger partial charge in [-0.25, -0.2) is 4.79 Å². The van der Waals surface area contributed by atoms with Gasteiger partial charge in [-0.05, 0) is 0 Å². The van der Waals surface area contributed by atoms with Crippen molar-refractivity contribution in [3.05, 3.63) is 0 Å². The number of nitrogens with one attached hydrogen (secondary N) is 1. The molecule has 0 aromatic heterocycles. The van der Waals surface area contributed by atoms with Gasteiger partial charge in [0.15, 0.2) is 6.10 Å². The normalized spacial score (nSPS) is 18.2. The van der Waals surface area contributed by atoms with Crippen molar-refractivity contribution in [1.82, 2.24) is 5.32 Å². The first-order chi connectivity index (χ1) is 8.90. The van der Waals surface area contributed by atoms with Crippen LogP contribution in [0.2, 0.25) is 0 Å². The Labute approximate surface area is 109 Å². The van der Waals surface area contributed by atoms with Crippen LogP contribution in [-0.2, 0) is 28.6 Å². The van der Waals surface area contributed by atoms with E-state index in [1.807, 2.05) is 5.32 Å². The number of hydrogen-bond donors (Lipinski definition) is 1. The Morgan fingerprint density at radius 1 is 1.26 bits per heavy atom. The lowest BCUT2D eigenvalue weighted by atomic mass is 10.2. The van der Waals surface area contributed by atoms with Gasteiger partial charge in [0.05, 0.1) is 12.3 Å². The summed E-state index contributed by atoms with van der Waals surface area (Å²) in [5.41, 5.74) is 0. The largest absolute Gasteiger partial charge is 0.509 e. The second-order valence-corrected chi connectivity index (χ2v) is 4.14. The Morgan fingerprint density at radius 2 is 1.89 bits per heavy atom. The Balaban J connectivity index is 2.17. The molecular formula is C11H15NO7. The van der Waals surface area contributed by atoms with Crippen LogP contribution in [0.1, 0.15) is 20.3 Å². The smallest absolute Gasteiger partial charge is 0.462 e. The topological polar surface area (TPSA) is 108 Å². The number of imide groups is 1. The van der Waals surface area contributed by atoms with Crippen LogP contribution >= 0.6 is 0 Å². The maximum absolute atomic E-state index is 11.2. The molecule has 1 atom stereocenters. The predicted molar refractivity (Wildman–Crippen MR) is 59.8 cm³/mol. The fraction of sp³-hybridized carbons (Fsp3) is 0.636. The second kappa shape index (κ2) is 6.72. The fourth-order valence-corrected chi connectivity index (χ4v) is 1.21. The summed E-state index contributed by atoms with van der Waals surface area (Å²) in [6.45, 7) is 3.07. The summed E-state index contributed by atoms with van der Waals surface area (Å²) < 4.78 is 14.0. The van der Waals surface area contributed by atoms with Crippen molar-refractivity contribution < 1.29 is 33.4 Å². The van der Waals surface area contributed by atoms with Gasteiger partial charge in [-0.1, -0.05) is 13.8 Å². The van der Waals surface area contributed by atoms with E-state index in [0.29, 0.717) is 0 Å². The van der Waals surface area contributed by atoms with E-state index in [2.05, 4.69) is 9.47 Å². The van der Waals surface area contributed by atoms with Crippen molar-refractivity contribution in [2.45, 2.75) is 26.4 Å². The fourth-order valence-electron chi connectivity index (χ4n) is 1.21. The number of carbonyl (C=O) groups is 4. The van der Waals surface area contributed by atoms with Crippen molar-refractivity contribution in [2.75, 3.05) is 13.2 Å². The Kier molecular flexibility index (Phi) is 5.28. The maximum Gasteiger partial charge on any atom is 0.509 e. The first-order valence-electron chi connectivity index (χ1n) is 5.74. The van der Waals surface area contributed by atoms with Crippen molar-refractivity contribution in [3.63, 3.8) is 0 Å². The molecule has 1 saturated heterocycles. The number of esters is 1. The highest BCUT2D eigenvalue weighted by Gasteiger charge is 2.34. The maximum atomic E-state index is 11.2. The third-order valence-corrected chi connectivity index (χ3v) is 2.18. The average Bonchev–Trinajstić information content (AvgIpc) is 2.63. The summed E-state index contributed by atoms with van der Waals surface area (Å²) >= 11 is 0. The van der Waals surface area contributed by atoms with E-state index < -0.39 is 30.0 Å².